The Kier molecular flexibility index (Phi) is 10.4. The molecule has 2 aromatic carbocycles. The predicted octanol–water partition coefficient (Wildman–Crippen LogP) is 3.85. The van der Waals surface area contributed by atoms with Gasteiger partial charge >= 0.3 is 0 Å². The molecule has 1 aromatic heterocycles. The van der Waals surface area contributed by atoms with Crippen LogP contribution < -0.4 is 21.9 Å². The van der Waals surface area contributed by atoms with Gasteiger partial charge in [-0.2, -0.15) is 0 Å². The summed E-state index contributed by atoms with van der Waals surface area (Å²) < 4.78 is 49.8. The Morgan fingerprint density at radius 1 is 1.05 bits per heavy atom. The van der Waals surface area contributed by atoms with Crippen LogP contribution in [0.2, 0.25) is 0 Å². The molecule has 206 valence electrons. The lowest BCUT2D eigenvalue weighted by molar-refractivity contribution is 0.535. The molecule has 0 atom stereocenters. The molecule has 0 aliphatic heterocycles. The summed E-state index contributed by atoms with van der Waals surface area (Å²) in [5.41, 5.74) is 15.3. The predicted molar refractivity (Wildman–Crippen MR) is 158 cm³/mol. The average Bonchev–Trinajstić information content (AvgIpc) is 3.31. The molecule has 0 saturated heterocycles. The number of nitrogen functional groups attached to an aromatic ring is 1. The number of unbranched alkanes of at least 4 members (excludes halogenated alkanes) is 1. The number of thiophene rings is 1. The monoisotopic (exact) mass is 595 g/mol. The lowest BCUT2D eigenvalue weighted by Crippen LogP contribution is -2.36. The standard InChI is InChI=1S/C25H33N5O4S4/c1-17-13-19(28-16-30-29-11-4-5-12-37(3,31)32)9-10-21(17)18-7-6-8-20(14-18)38(33,34)23-15-22(24(26)27)36-25(23)35-2/h6-10,13-15,28-30H,4-5,11-12,16H2,1-3H3,(H3,26,27). The molecule has 0 amide bonds. The van der Waals surface area contributed by atoms with E-state index in [1.807, 2.05) is 31.2 Å². The van der Waals surface area contributed by atoms with Crippen molar-refractivity contribution in [3.05, 3.63) is 59.0 Å². The van der Waals surface area contributed by atoms with Crippen LogP contribution in [0.5, 0.6) is 0 Å². The van der Waals surface area contributed by atoms with Gasteiger partial charge in [0.25, 0.3) is 0 Å². The fourth-order valence-electron chi connectivity index (χ4n) is 3.75. The Balaban J connectivity index is 1.66. The van der Waals surface area contributed by atoms with Crippen LogP contribution in [-0.4, -0.2) is 54.1 Å². The van der Waals surface area contributed by atoms with Crippen molar-refractivity contribution in [1.29, 1.82) is 5.41 Å². The van der Waals surface area contributed by atoms with Gasteiger partial charge in [-0.3, -0.25) is 10.8 Å². The smallest absolute Gasteiger partial charge is 0.208 e. The van der Waals surface area contributed by atoms with E-state index in [4.69, 9.17) is 11.1 Å². The summed E-state index contributed by atoms with van der Waals surface area (Å²) >= 11 is 2.53. The first kappa shape index (κ1) is 30.1. The van der Waals surface area contributed by atoms with E-state index in [0.717, 1.165) is 28.8 Å². The molecule has 0 fully saturated rings. The van der Waals surface area contributed by atoms with E-state index >= 15 is 0 Å². The highest BCUT2D eigenvalue weighted by atomic mass is 32.2. The first-order valence-electron chi connectivity index (χ1n) is 11.8. The van der Waals surface area contributed by atoms with Crippen LogP contribution in [0.4, 0.5) is 5.69 Å². The van der Waals surface area contributed by atoms with E-state index in [1.54, 1.807) is 24.5 Å². The fourth-order valence-corrected chi connectivity index (χ4v) is 8.38. The van der Waals surface area contributed by atoms with E-state index in [1.165, 1.54) is 35.4 Å². The number of anilines is 1. The molecule has 9 nitrogen and oxygen atoms in total. The molecule has 3 aromatic rings. The minimum absolute atomic E-state index is 0.152. The van der Waals surface area contributed by atoms with E-state index in [0.29, 0.717) is 28.7 Å². The molecule has 6 N–H and O–H groups in total. The lowest BCUT2D eigenvalue weighted by Gasteiger charge is -2.13. The second kappa shape index (κ2) is 13.1. The summed E-state index contributed by atoms with van der Waals surface area (Å²) in [5.74, 6) is 0.0431. The van der Waals surface area contributed by atoms with Crippen molar-refractivity contribution in [3.8, 4) is 11.1 Å². The number of amidine groups is 1. The zero-order valence-electron chi connectivity index (χ0n) is 21.5. The number of hydrogen-bond acceptors (Lipinski definition) is 10. The van der Waals surface area contributed by atoms with Crippen molar-refractivity contribution in [2.24, 2.45) is 5.73 Å². The lowest BCUT2D eigenvalue weighted by atomic mass is 10.00. The van der Waals surface area contributed by atoms with Crippen molar-refractivity contribution in [1.82, 2.24) is 10.9 Å². The van der Waals surface area contributed by atoms with Gasteiger partial charge in [-0.15, -0.1) is 23.1 Å². The molecule has 0 aliphatic carbocycles. The maximum absolute atomic E-state index is 13.5. The summed E-state index contributed by atoms with van der Waals surface area (Å²) in [7, 11) is -6.71. The quantitative estimate of drug-likeness (QED) is 0.0467. The summed E-state index contributed by atoms with van der Waals surface area (Å²) in [6.45, 7) is 3.10. The van der Waals surface area contributed by atoms with Crippen LogP contribution in [0, 0.1) is 12.3 Å². The molecule has 13 heteroatoms. The topological polar surface area (TPSA) is 154 Å². The first-order valence-corrected chi connectivity index (χ1v) is 17.4. The van der Waals surface area contributed by atoms with Gasteiger partial charge in [0.2, 0.25) is 9.84 Å². The van der Waals surface area contributed by atoms with Crippen LogP contribution in [0.15, 0.2) is 62.5 Å². The van der Waals surface area contributed by atoms with Crippen molar-refractivity contribution in [2.45, 2.75) is 33.8 Å². The van der Waals surface area contributed by atoms with E-state index in [-0.39, 0.29) is 21.4 Å². The Labute approximate surface area is 232 Å². The van der Waals surface area contributed by atoms with Crippen LogP contribution in [0.3, 0.4) is 0 Å². The van der Waals surface area contributed by atoms with E-state index in [2.05, 4.69) is 16.2 Å². The summed E-state index contributed by atoms with van der Waals surface area (Å²) in [5, 5.41) is 10.9. The minimum Gasteiger partial charge on any atom is -0.383 e. The Bertz CT molecular complexity index is 1500. The number of aryl methyl sites for hydroxylation is 1. The molecule has 0 spiro atoms. The number of rotatable bonds is 14. The normalized spacial score (nSPS) is 12.0. The summed E-state index contributed by atoms with van der Waals surface area (Å²) in [6, 6.07) is 14.2. The largest absolute Gasteiger partial charge is 0.383 e. The molecule has 0 radical (unpaired) electrons. The molecular weight excluding hydrogens is 563 g/mol. The average molecular weight is 596 g/mol. The van der Waals surface area contributed by atoms with Crippen LogP contribution in [-0.2, 0) is 19.7 Å². The SMILES string of the molecule is CSc1sc(C(=N)N)cc1S(=O)(=O)c1cccc(-c2ccc(NCNNCCCCS(C)(=O)=O)cc2C)c1. The van der Waals surface area contributed by atoms with E-state index < -0.39 is 19.7 Å². The first-order chi connectivity index (χ1) is 17.9. The fraction of sp³-hybridized carbons (Fsp3) is 0.320. The number of benzene rings is 2. The van der Waals surface area contributed by atoms with Gasteiger partial charge in [-0.25, -0.2) is 22.3 Å². The second-order valence-electron chi connectivity index (χ2n) is 8.74. The third-order valence-corrected chi connectivity index (χ3v) is 11.0. The Morgan fingerprint density at radius 3 is 2.47 bits per heavy atom. The van der Waals surface area contributed by atoms with Gasteiger partial charge in [0.05, 0.1) is 25.5 Å². The number of thioether (sulfide) groups is 1. The number of hydrogen-bond donors (Lipinski definition) is 5. The molecule has 38 heavy (non-hydrogen) atoms. The Hall–Kier alpha value is -2.42. The van der Waals surface area contributed by atoms with Crippen molar-refractivity contribution in [3.63, 3.8) is 0 Å². The van der Waals surface area contributed by atoms with Gasteiger partial charge < -0.3 is 11.1 Å². The second-order valence-corrected chi connectivity index (χ2v) is 15.0. The highest BCUT2D eigenvalue weighted by Gasteiger charge is 2.25. The zero-order valence-corrected chi connectivity index (χ0v) is 24.8. The van der Waals surface area contributed by atoms with E-state index in [9.17, 15) is 16.8 Å². The maximum atomic E-state index is 13.5. The Morgan fingerprint density at radius 2 is 1.82 bits per heavy atom. The molecule has 0 saturated carbocycles. The van der Waals surface area contributed by atoms with Crippen molar-refractivity contribution < 1.29 is 16.8 Å². The zero-order chi connectivity index (χ0) is 27.9. The van der Waals surface area contributed by atoms with Gasteiger partial charge in [0.15, 0.2) is 0 Å². The van der Waals surface area contributed by atoms with Crippen LogP contribution >= 0.6 is 23.1 Å². The third-order valence-electron chi connectivity index (χ3n) is 5.66. The van der Waals surface area contributed by atoms with Crippen molar-refractivity contribution in [2.75, 3.05) is 36.8 Å². The van der Waals surface area contributed by atoms with Crippen molar-refractivity contribution >= 4 is 54.3 Å². The van der Waals surface area contributed by atoms with Gasteiger partial charge in [0, 0.05) is 24.2 Å². The molecule has 0 aliphatic rings. The van der Waals surface area contributed by atoms with Crippen LogP contribution in [0.25, 0.3) is 11.1 Å². The molecular formula is C25H33N5O4S4. The number of nitrogens with one attached hydrogen (secondary N) is 4. The number of sulfone groups is 2. The van der Waals surface area contributed by atoms with Gasteiger partial charge in [0.1, 0.15) is 15.7 Å². The summed E-state index contributed by atoms with van der Waals surface area (Å²) in [4.78, 5) is 0.788. The molecule has 1 heterocycles. The van der Waals surface area contributed by atoms with Gasteiger partial charge in [-0.1, -0.05) is 18.2 Å². The molecule has 0 unspecified atom stereocenters. The highest BCUT2D eigenvalue weighted by Crippen LogP contribution is 2.38. The molecule has 0 bridgehead atoms. The maximum Gasteiger partial charge on any atom is 0.208 e. The van der Waals surface area contributed by atoms with Crippen LogP contribution in [0.1, 0.15) is 23.3 Å². The summed E-state index contributed by atoms with van der Waals surface area (Å²) in [6.07, 6.45) is 4.42. The third kappa shape index (κ3) is 8.04. The van der Waals surface area contributed by atoms with Gasteiger partial charge in [-0.05, 0) is 73.0 Å². The molecule has 3 rings (SSSR count). The highest BCUT2D eigenvalue weighted by molar-refractivity contribution is 8.01. The number of nitrogens with two attached hydrogens (primary N) is 1. The number of hydrazine groups is 1. The minimum atomic E-state index is -3.80.